The molecule has 2 nitrogen and oxygen atoms in total. The third-order valence-electron chi connectivity index (χ3n) is 4.09. The minimum absolute atomic E-state index is 0.844. The van der Waals surface area contributed by atoms with Crippen LogP contribution in [0.25, 0.3) is 10.8 Å². The minimum Gasteiger partial charge on any atom is -0.317 e. The Balaban J connectivity index is 1.62. The van der Waals surface area contributed by atoms with Crippen LogP contribution in [-0.4, -0.2) is 19.6 Å². The molecular weight excluding hydrogens is 232 g/mol. The number of nitrogens with one attached hydrogen (secondary N) is 2. The van der Waals surface area contributed by atoms with Gasteiger partial charge in [0.2, 0.25) is 0 Å². The van der Waals surface area contributed by atoms with Crippen molar-refractivity contribution in [1.29, 1.82) is 0 Å². The van der Waals surface area contributed by atoms with E-state index < -0.39 is 0 Å². The lowest BCUT2D eigenvalue weighted by atomic mass is 9.98. The molecule has 1 heterocycles. The molecule has 100 valence electrons. The van der Waals surface area contributed by atoms with Crippen molar-refractivity contribution >= 4 is 10.8 Å². The van der Waals surface area contributed by atoms with Crippen LogP contribution < -0.4 is 10.6 Å². The van der Waals surface area contributed by atoms with Crippen molar-refractivity contribution in [2.24, 2.45) is 5.92 Å². The summed E-state index contributed by atoms with van der Waals surface area (Å²) in [4.78, 5) is 0. The Morgan fingerprint density at radius 3 is 2.68 bits per heavy atom. The van der Waals surface area contributed by atoms with E-state index in [1.54, 1.807) is 0 Å². The first-order valence-corrected chi connectivity index (χ1v) is 7.31. The van der Waals surface area contributed by atoms with E-state index in [1.807, 2.05) is 0 Å². The second-order valence-corrected chi connectivity index (χ2v) is 5.46. The fraction of sp³-hybridized carbons (Fsp3) is 0.412. The van der Waals surface area contributed by atoms with Gasteiger partial charge in [-0.2, -0.15) is 0 Å². The molecule has 0 aliphatic carbocycles. The van der Waals surface area contributed by atoms with Gasteiger partial charge in [0.1, 0.15) is 0 Å². The van der Waals surface area contributed by atoms with Crippen LogP contribution in [0.5, 0.6) is 0 Å². The topological polar surface area (TPSA) is 24.1 Å². The highest BCUT2D eigenvalue weighted by molar-refractivity contribution is 5.85. The molecule has 0 radical (unpaired) electrons. The third-order valence-corrected chi connectivity index (χ3v) is 4.09. The molecule has 1 aliphatic heterocycles. The van der Waals surface area contributed by atoms with Crippen LogP contribution in [-0.2, 0) is 6.54 Å². The SMILES string of the molecule is c1ccc2c(CNCC3CCNCC3)cccc2c1. The Kier molecular flexibility index (Phi) is 4.11. The monoisotopic (exact) mass is 254 g/mol. The van der Waals surface area contributed by atoms with E-state index >= 15 is 0 Å². The zero-order chi connectivity index (χ0) is 12.9. The smallest absolute Gasteiger partial charge is 0.0211 e. The first kappa shape index (κ1) is 12.6. The van der Waals surface area contributed by atoms with Crippen molar-refractivity contribution in [2.45, 2.75) is 19.4 Å². The van der Waals surface area contributed by atoms with Crippen LogP contribution in [0.1, 0.15) is 18.4 Å². The third kappa shape index (κ3) is 3.14. The van der Waals surface area contributed by atoms with Gasteiger partial charge in [-0.25, -0.2) is 0 Å². The van der Waals surface area contributed by atoms with E-state index in [4.69, 9.17) is 0 Å². The summed E-state index contributed by atoms with van der Waals surface area (Å²) in [5, 5.41) is 9.77. The standard InChI is InChI=1S/C17H22N2/c1-2-7-17-15(4-1)5-3-6-16(17)13-19-12-14-8-10-18-11-9-14/h1-7,14,18-19H,8-13H2. The van der Waals surface area contributed by atoms with Gasteiger partial charge < -0.3 is 10.6 Å². The van der Waals surface area contributed by atoms with Gasteiger partial charge in [-0.1, -0.05) is 42.5 Å². The molecule has 1 aliphatic rings. The molecule has 0 atom stereocenters. The molecular formula is C17H22N2. The highest BCUT2D eigenvalue weighted by atomic mass is 14.9. The van der Waals surface area contributed by atoms with Crippen LogP contribution in [0.3, 0.4) is 0 Å². The molecule has 0 saturated carbocycles. The number of rotatable bonds is 4. The number of hydrogen-bond donors (Lipinski definition) is 2. The van der Waals surface area contributed by atoms with E-state index in [1.165, 1.54) is 42.3 Å². The van der Waals surface area contributed by atoms with Crippen molar-refractivity contribution in [3.8, 4) is 0 Å². The molecule has 1 saturated heterocycles. The highest BCUT2D eigenvalue weighted by Crippen LogP contribution is 2.18. The van der Waals surface area contributed by atoms with E-state index in [9.17, 15) is 0 Å². The summed E-state index contributed by atoms with van der Waals surface area (Å²) in [7, 11) is 0. The number of fused-ring (bicyclic) bond motifs is 1. The van der Waals surface area contributed by atoms with Gasteiger partial charge in [0.05, 0.1) is 0 Å². The summed E-state index contributed by atoms with van der Waals surface area (Å²) in [6.45, 7) is 4.48. The molecule has 2 aromatic rings. The predicted molar refractivity (Wildman–Crippen MR) is 81.2 cm³/mol. The number of benzene rings is 2. The van der Waals surface area contributed by atoms with Gasteiger partial charge >= 0.3 is 0 Å². The normalized spacial score (nSPS) is 16.8. The lowest BCUT2D eigenvalue weighted by Gasteiger charge is -2.23. The summed E-state index contributed by atoms with van der Waals surface area (Å²) in [6.07, 6.45) is 2.62. The fourth-order valence-electron chi connectivity index (χ4n) is 2.94. The first-order chi connectivity index (χ1) is 9.43. The molecule has 0 bridgehead atoms. The van der Waals surface area contributed by atoms with Crippen molar-refractivity contribution in [3.05, 3.63) is 48.0 Å². The Bertz CT molecular complexity index is 524. The van der Waals surface area contributed by atoms with Crippen LogP contribution >= 0.6 is 0 Å². The Hall–Kier alpha value is -1.38. The van der Waals surface area contributed by atoms with Crippen LogP contribution in [0, 0.1) is 5.92 Å². The van der Waals surface area contributed by atoms with E-state index in [2.05, 4.69) is 53.1 Å². The average Bonchev–Trinajstić information content (AvgIpc) is 2.49. The summed E-state index contributed by atoms with van der Waals surface area (Å²) in [5.41, 5.74) is 1.41. The highest BCUT2D eigenvalue weighted by Gasteiger charge is 2.12. The molecule has 0 aromatic heterocycles. The molecule has 19 heavy (non-hydrogen) atoms. The van der Waals surface area contributed by atoms with Crippen molar-refractivity contribution < 1.29 is 0 Å². The zero-order valence-electron chi connectivity index (χ0n) is 11.4. The summed E-state index contributed by atoms with van der Waals surface area (Å²) >= 11 is 0. The number of hydrogen-bond acceptors (Lipinski definition) is 2. The Morgan fingerprint density at radius 2 is 1.79 bits per heavy atom. The first-order valence-electron chi connectivity index (χ1n) is 7.31. The van der Waals surface area contributed by atoms with Gasteiger partial charge in [0.15, 0.2) is 0 Å². The van der Waals surface area contributed by atoms with Crippen molar-refractivity contribution in [3.63, 3.8) is 0 Å². The maximum absolute atomic E-state index is 3.64. The van der Waals surface area contributed by atoms with Crippen molar-refractivity contribution in [2.75, 3.05) is 19.6 Å². The molecule has 1 fully saturated rings. The van der Waals surface area contributed by atoms with Crippen molar-refractivity contribution in [1.82, 2.24) is 10.6 Å². The second-order valence-electron chi connectivity index (χ2n) is 5.46. The summed E-state index contributed by atoms with van der Waals surface area (Å²) < 4.78 is 0. The second kappa shape index (κ2) is 6.18. The minimum atomic E-state index is 0.844. The molecule has 2 N–H and O–H groups in total. The van der Waals surface area contributed by atoms with Crippen LogP contribution in [0.2, 0.25) is 0 Å². The quantitative estimate of drug-likeness (QED) is 0.876. The van der Waals surface area contributed by atoms with Crippen LogP contribution in [0.4, 0.5) is 0 Å². The molecule has 3 rings (SSSR count). The fourth-order valence-corrected chi connectivity index (χ4v) is 2.94. The van der Waals surface area contributed by atoms with E-state index in [0.717, 1.165) is 19.0 Å². The predicted octanol–water partition coefficient (Wildman–Crippen LogP) is 2.93. The maximum atomic E-state index is 3.64. The zero-order valence-corrected chi connectivity index (χ0v) is 11.4. The largest absolute Gasteiger partial charge is 0.317 e. The van der Waals surface area contributed by atoms with Gasteiger partial charge in [-0.05, 0) is 54.7 Å². The lowest BCUT2D eigenvalue weighted by Crippen LogP contribution is -2.33. The number of piperidine rings is 1. The molecule has 0 amide bonds. The Labute approximate surface area is 115 Å². The summed E-state index contributed by atoms with van der Waals surface area (Å²) in [6, 6.07) is 15.2. The Morgan fingerprint density at radius 1 is 1.00 bits per heavy atom. The molecule has 0 spiro atoms. The van der Waals surface area contributed by atoms with E-state index in [0.29, 0.717) is 0 Å². The van der Waals surface area contributed by atoms with Gasteiger partial charge in [0, 0.05) is 6.54 Å². The summed E-state index contributed by atoms with van der Waals surface area (Å²) in [5.74, 6) is 0.844. The van der Waals surface area contributed by atoms with E-state index in [-0.39, 0.29) is 0 Å². The van der Waals surface area contributed by atoms with Gasteiger partial charge in [-0.3, -0.25) is 0 Å². The maximum Gasteiger partial charge on any atom is 0.0211 e. The van der Waals surface area contributed by atoms with Gasteiger partial charge in [-0.15, -0.1) is 0 Å². The molecule has 2 heteroatoms. The molecule has 2 aromatic carbocycles. The van der Waals surface area contributed by atoms with Gasteiger partial charge in [0.25, 0.3) is 0 Å². The lowest BCUT2D eigenvalue weighted by molar-refractivity contribution is 0.356. The van der Waals surface area contributed by atoms with Crippen LogP contribution in [0.15, 0.2) is 42.5 Å². The molecule has 0 unspecified atom stereocenters. The average molecular weight is 254 g/mol.